The van der Waals surface area contributed by atoms with Crippen LogP contribution in [-0.2, 0) is 9.47 Å². The summed E-state index contributed by atoms with van der Waals surface area (Å²) in [5.41, 5.74) is 0.0775. The molecule has 3 rings (SSSR count). The molecule has 9 heteroatoms. The molecule has 0 radical (unpaired) electrons. The van der Waals surface area contributed by atoms with Gasteiger partial charge in [-0.05, 0) is 45.0 Å². The summed E-state index contributed by atoms with van der Waals surface area (Å²) in [4.78, 5) is 16.3. The molecule has 176 valence electrons. The summed E-state index contributed by atoms with van der Waals surface area (Å²) in [6.07, 6.45) is -0.848. The molecule has 1 amide bonds. The Morgan fingerprint density at radius 3 is 2.44 bits per heavy atom. The van der Waals surface area contributed by atoms with Gasteiger partial charge in [-0.3, -0.25) is 9.80 Å². The Bertz CT molecular complexity index is 775. The number of nitriles is 1. The third-order valence-corrected chi connectivity index (χ3v) is 5.22. The van der Waals surface area contributed by atoms with E-state index in [0.717, 1.165) is 32.7 Å². The number of ether oxygens (including phenoxy) is 3. The highest BCUT2D eigenvalue weighted by Crippen LogP contribution is 2.19. The van der Waals surface area contributed by atoms with Crippen molar-refractivity contribution in [2.45, 2.75) is 44.7 Å². The maximum Gasteiger partial charge on any atom is 0.407 e. The van der Waals surface area contributed by atoms with Crippen LogP contribution in [0.25, 0.3) is 0 Å². The highest BCUT2D eigenvalue weighted by atomic mass is 16.6. The van der Waals surface area contributed by atoms with E-state index in [2.05, 4.69) is 21.2 Å². The van der Waals surface area contributed by atoms with E-state index in [-0.39, 0.29) is 18.8 Å². The summed E-state index contributed by atoms with van der Waals surface area (Å²) in [5, 5.41) is 22.1. The molecule has 2 aliphatic rings. The van der Waals surface area contributed by atoms with Gasteiger partial charge in [0.15, 0.2) is 0 Å². The van der Waals surface area contributed by atoms with Crippen molar-refractivity contribution >= 4 is 6.09 Å². The standard InChI is InChI=1S/C23H34N4O5/c1-23(2,3)32-22(29)25-8-9-26-12-20-14-27(15-21(13-26)31-20)11-18(28)16-30-19-6-4-17(10-24)5-7-19/h4-7,18,20-21,28H,8-9,11-16H2,1-3H3,(H,25,29)/t18-,20-,21+/m0/s1. The van der Waals surface area contributed by atoms with Gasteiger partial charge in [-0.2, -0.15) is 5.26 Å². The lowest BCUT2D eigenvalue weighted by atomic mass is 10.1. The van der Waals surface area contributed by atoms with Crippen LogP contribution in [0.15, 0.2) is 24.3 Å². The smallest absolute Gasteiger partial charge is 0.407 e. The molecule has 1 aromatic rings. The van der Waals surface area contributed by atoms with Crippen LogP contribution >= 0.6 is 0 Å². The Morgan fingerprint density at radius 2 is 1.84 bits per heavy atom. The highest BCUT2D eigenvalue weighted by Gasteiger charge is 2.35. The first-order valence-corrected chi connectivity index (χ1v) is 11.1. The number of hydrogen-bond acceptors (Lipinski definition) is 8. The second-order valence-corrected chi connectivity index (χ2v) is 9.39. The quantitative estimate of drug-likeness (QED) is 0.614. The van der Waals surface area contributed by atoms with E-state index in [0.29, 0.717) is 24.4 Å². The minimum atomic E-state index is -0.612. The van der Waals surface area contributed by atoms with Crippen molar-refractivity contribution in [3.05, 3.63) is 29.8 Å². The number of β-amino-alcohol motifs (C(OH)–C–C–N with tert-alkyl or cyclic N) is 1. The molecule has 9 nitrogen and oxygen atoms in total. The zero-order valence-corrected chi connectivity index (χ0v) is 19.1. The van der Waals surface area contributed by atoms with E-state index in [1.54, 1.807) is 24.3 Å². The molecule has 0 aliphatic carbocycles. The number of carbonyl (C=O) groups excluding carboxylic acids is 1. The first-order chi connectivity index (χ1) is 15.2. The average molecular weight is 447 g/mol. The summed E-state index contributed by atoms with van der Waals surface area (Å²) in [6, 6.07) is 8.92. The van der Waals surface area contributed by atoms with E-state index in [1.807, 2.05) is 20.8 Å². The molecular formula is C23H34N4O5. The van der Waals surface area contributed by atoms with Crippen molar-refractivity contribution in [3.63, 3.8) is 0 Å². The van der Waals surface area contributed by atoms with Crippen LogP contribution in [0.4, 0.5) is 4.79 Å². The van der Waals surface area contributed by atoms with Crippen molar-refractivity contribution in [1.82, 2.24) is 15.1 Å². The monoisotopic (exact) mass is 446 g/mol. The van der Waals surface area contributed by atoms with Crippen LogP contribution in [0, 0.1) is 11.3 Å². The molecular weight excluding hydrogens is 412 g/mol. The lowest BCUT2D eigenvalue weighted by Crippen LogP contribution is -2.61. The van der Waals surface area contributed by atoms with Gasteiger partial charge in [-0.15, -0.1) is 0 Å². The van der Waals surface area contributed by atoms with Crippen LogP contribution in [0.3, 0.4) is 0 Å². The molecule has 0 saturated carbocycles. The first-order valence-electron chi connectivity index (χ1n) is 11.1. The van der Waals surface area contributed by atoms with Gasteiger partial charge in [-0.25, -0.2) is 4.79 Å². The number of alkyl carbamates (subject to hydrolysis) is 1. The van der Waals surface area contributed by atoms with Crippen molar-refractivity contribution in [2.24, 2.45) is 0 Å². The summed E-state index contributed by atoms with van der Waals surface area (Å²) >= 11 is 0. The van der Waals surface area contributed by atoms with Crippen molar-refractivity contribution in [3.8, 4) is 11.8 Å². The number of fused-ring (bicyclic) bond motifs is 2. The molecule has 2 bridgehead atoms. The number of nitrogens with zero attached hydrogens (tertiary/aromatic N) is 3. The lowest BCUT2D eigenvalue weighted by Gasteiger charge is -2.46. The largest absolute Gasteiger partial charge is 0.491 e. The van der Waals surface area contributed by atoms with E-state index < -0.39 is 17.8 Å². The van der Waals surface area contributed by atoms with E-state index in [1.165, 1.54) is 0 Å². The fourth-order valence-electron chi connectivity index (χ4n) is 3.99. The summed E-state index contributed by atoms with van der Waals surface area (Å²) < 4.78 is 17.0. The second kappa shape index (κ2) is 11.0. The minimum absolute atomic E-state index is 0.0793. The van der Waals surface area contributed by atoms with Crippen LogP contribution < -0.4 is 10.1 Å². The third kappa shape index (κ3) is 7.95. The number of aliphatic hydroxyl groups excluding tert-OH is 1. The first kappa shape index (κ1) is 24.3. The van der Waals surface area contributed by atoms with Gasteiger partial charge in [0.05, 0.1) is 23.8 Å². The van der Waals surface area contributed by atoms with E-state index in [4.69, 9.17) is 19.5 Å². The molecule has 2 heterocycles. The number of nitrogens with one attached hydrogen (secondary N) is 1. The zero-order chi connectivity index (χ0) is 23.1. The van der Waals surface area contributed by atoms with Crippen LogP contribution in [-0.4, -0.2) is 97.3 Å². The number of morpholine rings is 2. The number of amides is 1. The molecule has 2 saturated heterocycles. The minimum Gasteiger partial charge on any atom is -0.491 e. The van der Waals surface area contributed by atoms with Gasteiger partial charge in [0.25, 0.3) is 0 Å². The molecule has 1 aromatic carbocycles. The van der Waals surface area contributed by atoms with Gasteiger partial charge < -0.3 is 24.6 Å². The number of benzene rings is 1. The molecule has 0 spiro atoms. The third-order valence-electron chi connectivity index (χ3n) is 5.22. The Kier molecular flexibility index (Phi) is 8.32. The Labute approximate surface area is 189 Å². The summed E-state index contributed by atoms with van der Waals surface area (Å²) in [7, 11) is 0. The van der Waals surface area contributed by atoms with Gasteiger partial charge in [0.1, 0.15) is 24.1 Å². The maximum atomic E-state index is 11.8. The normalized spacial score (nSPS) is 22.6. The predicted molar refractivity (Wildman–Crippen MR) is 118 cm³/mol. The van der Waals surface area contributed by atoms with Gasteiger partial charge in [0.2, 0.25) is 0 Å². The number of hydrogen-bond donors (Lipinski definition) is 2. The Morgan fingerprint density at radius 1 is 1.22 bits per heavy atom. The Balaban J connectivity index is 1.35. The number of rotatable bonds is 8. The SMILES string of the molecule is CC(C)(C)OC(=O)NCCN1C[C@@H]2CN(C[C@H](O)COc3ccc(C#N)cc3)C[C@H](C1)O2. The fraction of sp³-hybridized carbons (Fsp3) is 0.652. The number of carbonyl (C=O) groups is 1. The van der Waals surface area contributed by atoms with E-state index >= 15 is 0 Å². The van der Waals surface area contributed by atoms with Crippen LogP contribution in [0.2, 0.25) is 0 Å². The second-order valence-electron chi connectivity index (χ2n) is 9.39. The maximum absolute atomic E-state index is 11.8. The molecule has 2 N–H and O–H groups in total. The molecule has 3 atom stereocenters. The molecule has 0 aromatic heterocycles. The van der Waals surface area contributed by atoms with Gasteiger partial charge in [0, 0.05) is 45.8 Å². The van der Waals surface area contributed by atoms with Crippen molar-refractivity contribution < 1.29 is 24.1 Å². The zero-order valence-electron chi connectivity index (χ0n) is 19.1. The molecule has 2 aliphatic heterocycles. The van der Waals surface area contributed by atoms with Gasteiger partial charge in [-0.1, -0.05) is 0 Å². The van der Waals surface area contributed by atoms with Crippen LogP contribution in [0.5, 0.6) is 5.75 Å². The highest BCUT2D eigenvalue weighted by molar-refractivity contribution is 5.67. The molecule has 0 unspecified atom stereocenters. The van der Waals surface area contributed by atoms with Crippen molar-refractivity contribution in [2.75, 3.05) is 52.4 Å². The number of aliphatic hydroxyl groups is 1. The average Bonchev–Trinajstić information content (AvgIpc) is 2.70. The molecule has 32 heavy (non-hydrogen) atoms. The lowest BCUT2D eigenvalue weighted by molar-refractivity contribution is -0.142. The summed E-state index contributed by atoms with van der Waals surface area (Å²) in [5.74, 6) is 0.637. The predicted octanol–water partition coefficient (Wildman–Crippen LogP) is 1.21. The Hall–Kier alpha value is -2.38. The topological polar surface area (TPSA) is 107 Å². The molecule has 2 fully saturated rings. The summed E-state index contributed by atoms with van der Waals surface area (Å²) in [6.45, 7) is 10.6. The van der Waals surface area contributed by atoms with Gasteiger partial charge >= 0.3 is 6.09 Å². The van der Waals surface area contributed by atoms with Crippen molar-refractivity contribution in [1.29, 1.82) is 5.26 Å². The fourth-order valence-corrected chi connectivity index (χ4v) is 3.99. The van der Waals surface area contributed by atoms with E-state index in [9.17, 15) is 9.90 Å². The van der Waals surface area contributed by atoms with Crippen LogP contribution in [0.1, 0.15) is 26.3 Å².